The lowest BCUT2D eigenvalue weighted by molar-refractivity contribution is 0.0884. The summed E-state index contributed by atoms with van der Waals surface area (Å²) in [5.74, 6) is -0.238. The van der Waals surface area contributed by atoms with Gasteiger partial charge in [-0.1, -0.05) is 40.2 Å². The van der Waals surface area contributed by atoms with Gasteiger partial charge in [-0.15, -0.1) is 0 Å². The first-order valence-corrected chi connectivity index (χ1v) is 6.44. The van der Waals surface area contributed by atoms with Crippen LogP contribution in [0.3, 0.4) is 0 Å². The molecule has 0 aliphatic heterocycles. The Morgan fingerprint density at radius 3 is 2.53 bits per heavy atom. The fraction of sp³-hybridized carbons (Fsp3) is 0.231. The SMILES string of the molecule is O=C1C=C(OCCCBr)C(=O)c2ccccc21. The summed E-state index contributed by atoms with van der Waals surface area (Å²) in [5.41, 5.74) is 0.874. The van der Waals surface area contributed by atoms with Crippen molar-refractivity contribution in [1.29, 1.82) is 0 Å². The maximum Gasteiger partial charge on any atom is 0.228 e. The van der Waals surface area contributed by atoms with Gasteiger partial charge >= 0.3 is 0 Å². The predicted molar refractivity (Wildman–Crippen MR) is 67.5 cm³/mol. The Bertz CT molecular complexity index is 491. The Balaban J connectivity index is 2.23. The number of alkyl halides is 1. The first-order valence-electron chi connectivity index (χ1n) is 5.32. The van der Waals surface area contributed by atoms with E-state index in [4.69, 9.17) is 4.74 Å². The summed E-state index contributed by atoms with van der Waals surface area (Å²) < 4.78 is 5.32. The van der Waals surface area contributed by atoms with Crippen LogP contribution >= 0.6 is 15.9 Å². The molecule has 0 fully saturated rings. The summed E-state index contributed by atoms with van der Waals surface area (Å²) in [5, 5.41) is 0.805. The molecule has 0 saturated carbocycles. The number of carbonyl (C=O) groups excluding carboxylic acids is 2. The number of hydrogen-bond acceptors (Lipinski definition) is 3. The van der Waals surface area contributed by atoms with E-state index < -0.39 is 0 Å². The Morgan fingerprint density at radius 1 is 1.12 bits per heavy atom. The topological polar surface area (TPSA) is 43.4 Å². The lowest BCUT2D eigenvalue weighted by atomic mass is 9.94. The normalized spacial score (nSPS) is 14.3. The van der Waals surface area contributed by atoms with Crippen molar-refractivity contribution >= 4 is 27.5 Å². The molecular weight excluding hydrogens is 284 g/mol. The van der Waals surface area contributed by atoms with E-state index in [0.29, 0.717) is 17.7 Å². The second-order valence-electron chi connectivity index (χ2n) is 3.64. The lowest BCUT2D eigenvalue weighted by Crippen LogP contribution is -2.18. The highest BCUT2D eigenvalue weighted by Gasteiger charge is 2.25. The van der Waals surface area contributed by atoms with Crippen molar-refractivity contribution in [2.75, 3.05) is 11.9 Å². The van der Waals surface area contributed by atoms with Crippen LogP contribution < -0.4 is 0 Å². The molecule has 0 atom stereocenters. The molecule has 88 valence electrons. The van der Waals surface area contributed by atoms with Crippen LogP contribution in [0.15, 0.2) is 36.1 Å². The highest BCUT2D eigenvalue weighted by molar-refractivity contribution is 9.09. The summed E-state index contributed by atoms with van der Waals surface area (Å²) in [4.78, 5) is 23.8. The van der Waals surface area contributed by atoms with E-state index in [2.05, 4.69) is 15.9 Å². The minimum atomic E-state index is -0.213. The van der Waals surface area contributed by atoms with Crippen LogP contribution in [-0.2, 0) is 4.74 Å². The fourth-order valence-corrected chi connectivity index (χ4v) is 1.86. The van der Waals surface area contributed by atoms with Crippen LogP contribution in [0.5, 0.6) is 0 Å². The van der Waals surface area contributed by atoms with E-state index in [1.807, 2.05) is 0 Å². The molecule has 0 heterocycles. The molecule has 17 heavy (non-hydrogen) atoms. The molecule has 2 rings (SSSR count). The standard InChI is InChI=1S/C13H11BrO3/c14-6-3-7-17-12-8-11(15)9-4-1-2-5-10(9)13(12)16/h1-2,4-5,8H,3,6-7H2. The zero-order valence-corrected chi connectivity index (χ0v) is 10.7. The highest BCUT2D eigenvalue weighted by atomic mass is 79.9. The van der Waals surface area contributed by atoms with Gasteiger partial charge in [-0.25, -0.2) is 0 Å². The maximum atomic E-state index is 12.0. The summed E-state index contributed by atoms with van der Waals surface area (Å²) >= 11 is 3.28. The molecule has 1 aromatic rings. The van der Waals surface area contributed by atoms with E-state index in [1.54, 1.807) is 24.3 Å². The van der Waals surface area contributed by atoms with Crippen LogP contribution in [0.2, 0.25) is 0 Å². The van der Waals surface area contributed by atoms with Crippen molar-refractivity contribution in [3.8, 4) is 0 Å². The van der Waals surface area contributed by atoms with Gasteiger partial charge in [0.15, 0.2) is 11.5 Å². The minimum absolute atomic E-state index is 0.148. The van der Waals surface area contributed by atoms with Crippen molar-refractivity contribution in [2.24, 2.45) is 0 Å². The van der Waals surface area contributed by atoms with Crippen LogP contribution in [0, 0.1) is 0 Å². The molecule has 4 heteroatoms. The van der Waals surface area contributed by atoms with E-state index in [9.17, 15) is 9.59 Å². The first kappa shape index (κ1) is 12.0. The zero-order chi connectivity index (χ0) is 12.3. The Hall–Kier alpha value is -1.42. The van der Waals surface area contributed by atoms with Crippen molar-refractivity contribution in [1.82, 2.24) is 0 Å². The van der Waals surface area contributed by atoms with Gasteiger partial charge in [-0.05, 0) is 6.42 Å². The Kier molecular flexibility index (Phi) is 3.74. The summed E-state index contributed by atoms with van der Waals surface area (Å²) in [6, 6.07) is 6.79. The van der Waals surface area contributed by atoms with Gasteiger partial charge in [-0.2, -0.15) is 0 Å². The van der Waals surface area contributed by atoms with Crippen molar-refractivity contribution in [2.45, 2.75) is 6.42 Å². The molecule has 0 amide bonds. The van der Waals surface area contributed by atoms with Crippen LogP contribution in [0.1, 0.15) is 27.1 Å². The van der Waals surface area contributed by atoms with Crippen molar-refractivity contribution in [3.63, 3.8) is 0 Å². The van der Waals surface area contributed by atoms with E-state index >= 15 is 0 Å². The summed E-state index contributed by atoms with van der Waals surface area (Å²) in [6.45, 7) is 0.429. The number of halogens is 1. The molecule has 0 saturated heterocycles. The number of ketones is 2. The number of fused-ring (bicyclic) bond motifs is 1. The van der Waals surface area contributed by atoms with Gasteiger partial charge in [0.2, 0.25) is 5.78 Å². The molecule has 0 aromatic heterocycles. The minimum Gasteiger partial charge on any atom is -0.489 e. The Morgan fingerprint density at radius 2 is 1.82 bits per heavy atom. The largest absolute Gasteiger partial charge is 0.489 e. The van der Waals surface area contributed by atoms with Gasteiger partial charge < -0.3 is 4.74 Å². The molecule has 3 nitrogen and oxygen atoms in total. The van der Waals surface area contributed by atoms with Gasteiger partial charge in [-0.3, -0.25) is 9.59 Å². The number of ether oxygens (including phenoxy) is 1. The second kappa shape index (κ2) is 5.27. The smallest absolute Gasteiger partial charge is 0.228 e. The third-order valence-corrected chi connectivity index (χ3v) is 3.02. The molecule has 0 radical (unpaired) electrons. The first-order chi connectivity index (χ1) is 8.24. The van der Waals surface area contributed by atoms with Gasteiger partial charge in [0.1, 0.15) is 0 Å². The average Bonchev–Trinajstić information content (AvgIpc) is 2.36. The lowest BCUT2D eigenvalue weighted by Gasteiger charge is -2.15. The molecule has 0 N–H and O–H groups in total. The molecular formula is C13H11BrO3. The van der Waals surface area contributed by atoms with E-state index in [-0.39, 0.29) is 17.3 Å². The van der Waals surface area contributed by atoms with E-state index in [0.717, 1.165) is 11.8 Å². The quantitative estimate of drug-likeness (QED) is 0.633. The molecule has 0 spiro atoms. The van der Waals surface area contributed by atoms with E-state index in [1.165, 1.54) is 6.08 Å². The molecule has 1 aliphatic rings. The number of rotatable bonds is 4. The fourth-order valence-electron chi connectivity index (χ4n) is 1.63. The number of Topliss-reactive ketones (excluding diaryl/α,β-unsaturated/α-hetero) is 1. The number of benzene rings is 1. The van der Waals surface area contributed by atoms with Gasteiger partial charge in [0, 0.05) is 22.5 Å². The summed E-state index contributed by atoms with van der Waals surface area (Å²) in [7, 11) is 0. The highest BCUT2D eigenvalue weighted by Crippen LogP contribution is 2.21. The van der Waals surface area contributed by atoms with Crippen LogP contribution in [-0.4, -0.2) is 23.5 Å². The monoisotopic (exact) mass is 294 g/mol. The molecule has 0 unspecified atom stereocenters. The van der Waals surface area contributed by atoms with Crippen LogP contribution in [0.4, 0.5) is 0 Å². The third-order valence-electron chi connectivity index (χ3n) is 2.46. The molecule has 0 bridgehead atoms. The van der Waals surface area contributed by atoms with Crippen LogP contribution in [0.25, 0.3) is 0 Å². The zero-order valence-electron chi connectivity index (χ0n) is 9.11. The predicted octanol–water partition coefficient (Wildman–Crippen LogP) is 2.75. The average molecular weight is 295 g/mol. The summed E-state index contributed by atoms with van der Waals surface area (Å²) in [6.07, 6.45) is 2.07. The molecule has 1 aliphatic carbocycles. The number of carbonyl (C=O) groups is 2. The number of allylic oxidation sites excluding steroid dienone is 2. The Labute approximate surface area is 108 Å². The van der Waals surface area contributed by atoms with Crippen molar-refractivity contribution < 1.29 is 14.3 Å². The van der Waals surface area contributed by atoms with Gasteiger partial charge in [0.05, 0.1) is 6.61 Å². The van der Waals surface area contributed by atoms with Gasteiger partial charge in [0.25, 0.3) is 0 Å². The van der Waals surface area contributed by atoms with Crippen molar-refractivity contribution in [3.05, 3.63) is 47.2 Å². The second-order valence-corrected chi connectivity index (χ2v) is 4.43. The maximum absolute atomic E-state index is 12.0. The third kappa shape index (κ3) is 2.47. The molecule has 1 aromatic carbocycles. The number of hydrogen-bond donors (Lipinski definition) is 0.